The highest BCUT2D eigenvalue weighted by molar-refractivity contribution is 5.72. The maximum Gasteiger partial charge on any atom is 0.410 e. The van der Waals surface area contributed by atoms with E-state index in [2.05, 4.69) is 0 Å². The summed E-state index contributed by atoms with van der Waals surface area (Å²) in [7, 11) is 0. The van der Waals surface area contributed by atoms with Crippen LogP contribution in [0.4, 0.5) is 4.79 Å². The Bertz CT molecular complexity index is 1340. The van der Waals surface area contributed by atoms with Crippen LogP contribution in [-0.2, 0) is 38.1 Å². The number of piperazine rings is 1. The van der Waals surface area contributed by atoms with Gasteiger partial charge in [-0.15, -0.1) is 0 Å². The largest absolute Gasteiger partial charge is 0.465 e. The fourth-order valence-electron chi connectivity index (χ4n) is 6.89. The number of ether oxygens (including phenoxy) is 5. The van der Waals surface area contributed by atoms with Crippen LogP contribution in [0.25, 0.3) is 0 Å². The van der Waals surface area contributed by atoms with Crippen molar-refractivity contribution in [1.82, 2.24) is 9.80 Å². The summed E-state index contributed by atoms with van der Waals surface area (Å²) in [5.41, 5.74) is -1.91. The van der Waals surface area contributed by atoms with Gasteiger partial charge in [0.2, 0.25) is 0 Å². The molecule has 2 fully saturated rings. The Morgan fingerprint density at radius 2 is 1.83 bits per heavy atom. The number of aliphatic hydroxyl groups excluding tert-OH is 2. The van der Waals surface area contributed by atoms with Crippen LogP contribution in [0.5, 0.6) is 0 Å². The average Bonchev–Trinajstić information content (AvgIpc) is 3.84. The summed E-state index contributed by atoms with van der Waals surface area (Å²) in [6.45, 7) is 15.7. The molecule has 14 nitrogen and oxygen atoms in total. The van der Waals surface area contributed by atoms with E-state index in [1.165, 1.54) is 11.8 Å². The number of rotatable bonds is 13. The van der Waals surface area contributed by atoms with Crippen molar-refractivity contribution in [2.75, 3.05) is 39.3 Å². The van der Waals surface area contributed by atoms with Gasteiger partial charge in [-0.25, -0.2) is 4.79 Å². The van der Waals surface area contributed by atoms with Crippen molar-refractivity contribution in [2.24, 2.45) is 11.8 Å². The molecule has 10 atom stereocenters. The molecule has 0 aromatic carbocycles. The SMILES string of the molecule is CCOC(=O)CN1CCN(C(=O)O[C@H]2/C=C/[C@H](C)[C@@H](/C(C)=C/C=C/C(C)(O)C[C@H]3O[C@@H]3C(C)C(O)CC)OC(=O)C[C@H](O)CC[C@@]2(C)OC(C)=O)CC1. The molecule has 300 valence electrons. The van der Waals surface area contributed by atoms with Crippen LogP contribution in [0.2, 0.25) is 0 Å². The Balaban J connectivity index is 1.80. The van der Waals surface area contributed by atoms with Gasteiger partial charge in [0.05, 0.1) is 49.6 Å². The average molecular weight is 751 g/mol. The Kier molecular flexibility index (Phi) is 16.5. The smallest absolute Gasteiger partial charge is 0.410 e. The number of esters is 3. The summed E-state index contributed by atoms with van der Waals surface area (Å²) in [5, 5.41) is 32.1. The molecule has 3 aliphatic rings. The van der Waals surface area contributed by atoms with Crippen LogP contribution < -0.4 is 0 Å². The number of epoxide rings is 1. The number of aliphatic hydroxyl groups is 3. The molecular weight excluding hydrogens is 688 g/mol. The van der Waals surface area contributed by atoms with E-state index >= 15 is 0 Å². The predicted molar refractivity (Wildman–Crippen MR) is 195 cm³/mol. The Morgan fingerprint density at radius 1 is 1.15 bits per heavy atom. The molecule has 1 amide bonds. The molecule has 0 saturated carbocycles. The second kappa shape index (κ2) is 19.9. The van der Waals surface area contributed by atoms with Gasteiger partial charge >= 0.3 is 24.0 Å². The highest BCUT2D eigenvalue weighted by Gasteiger charge is 2.47. The number of nitrogens with zero attached hydrogens (tertiary/aromatic N) is 2. The summed E-state index contributed by atoms with van der Waals surface area (Å²) < 4.78 is 28.5. The molecule has 2 saturated heterocycles. The van der Waals surface area contributed by atoms with E-state index in [-0.39, 0.29) is 49.9 Å². The predicted octanol–water partition coefficient (Wildman–Crippen LogP) is 3.46. The zero-order valence-electron chi connectivity index (χ0n) is 32.7. The molecule has 3 N–H and O–H groups in total. The first-order chi connectivity index (χ1) is 24.9. The molecule has 53 heavy (non-hydrogen) atoms. The van der Waals surface area contributed by atoms with Crippen LogP contribution in [-0.4, -0.2) is 136 Å². The fourth-order valence-corrected chi connectivity index (χ4v) is 6.89. The maximum absolute atomic E-state index is 13.5. The first-order valence-corrected chi connectivity index (χ1v) is 18.9. The van der Waals surface area contributed by atoms with Crippen molar-refractivity contribution in [3.63, 3.8) is 0 Å². The third-order valence-electron chi connectivity index (χ3n) is 10.2. The minimum Gasteiger partial charge on any atom is -0.465 e. The number of allylic oxidation sites excluding steroid dienone is 2. The van der Waals surface area contributed by atoms with Crippen LogP contribution >= 0.6 is 0 Å². The molecule has 0 spiro atoms. The van der Waals surface area contributed by atoms with E-state index in [1.54, 1.807) is 58.1 Å². The first-order valence-electron chi connectivity index (χ1n) is 18.9. The molecule has 3 heterocycles. The molecule has 0 aromatic rings. The molecule has 0 aromatic heterocycles. The summed E-state index contributed by atoms with van der Waals surface area (Å²) in [4.78, 5) is 54.2. The number of carbonyl (C=O) groups excluding carboxylic acids is 4. The summed E-state index contributed by atoms with van der Waals surface area (Å²) >= 11 is 0. The maximum atomic E-state index is 13.5. The zero-order valence-corrected chi connectivity index (χ0v) is 32.7. The molecular formula is C39H62N2O12. The van der Waals surface area contributed by atoms with Crippen molar-refractivity contribution in [3.05, 3.63) is 36.0 Å². The Labute approximate surface area is 314 Å². The summed E-state index contributed by atoms with van der Waals surface area (Å²) in [6, 6.07) is 0. The highest BCUT2D eigenvalue weighted by Crippen LogP contribution is 2.38. The van der Waals surface area contributed by atoms with E-state index in [0.717, 1.165) is 0 Å². The number of hydrogen-bond donors (Lipinski definition) is 3. The minimum absolute atomic E-state index is 0.0365. The third-order valence-corrected chi connectivity index (χ3v) is 10.2. The monoisotopic (exact) mass is 750 g/mol. The van der Waals surface area contributed by atoms with E-state index in [1.807, 2.05) is 25.7 Å². The van der Waals surface area contributed by atoms with Crippen molar-refractivity contribution in [1.29, 1.82) is 0 Å². The van der Waals surface area contributed by atoms with Crippen LogP contribution in [0, 0.1) is 11.8 Å². The van der Waals surface area contributed by atoms with Crippen LogP contribution in [0.1, 0.15) is 87.5 Å². The normalized spacial score (nSPS) is 31.9. The van der Waals surface area contributed by atoms with Gasteiger partial charge in [0.15, 0.2) is 6.10 Å². The van der Waals surface area contributed by atoms with E-state index in [4.69, 9.17) is 23.7 Å². The van der Waals surface area contributed by atoms with E-state index < -0.39 is 59.6 Å². The van der Waals surface area contributed by atoms with Crippen molar-refractivity contribution in [2.45, 2.75) is 135 Å². The summed E-state index contributed by atoms with van der Waals surface area (Å²) in [6.07, 6.45) is 4.97. The van der Waals surface area contributed by atoms with Crippen molar-refractivity contribution in [3.8, 4) is 0 Å². The lowest BCUT2D eigenvalue weighted by atomic mass is 9.88. The van der Waals surface area contributed by atoms with Gasteiger partial charge in [0.1, 0.15) is 11.7 Å². The fraction of sp³-hybridized carbons (Fsp3) is 0.744. The second-order valence-electron chi connectivity index (χ2n) is 15.1. The lowest BCUT2D eigenvalue weighted by molar-refractivity contribution is -0.168. The standard InChI is InChI=1S/C39H62N2O12/c1-9-30(44)27(5)36-31(50-36)23-38(7,48)16-11-12-25(3)35-26(4)13-14-32(39(8,53-28(6)42)17-15-29(43)22-33(45)52-35)51-37(47)41-20-18-40(19-21-41)24-34(46)49-10-2/h11-14,16,26-27,29-32,35-36,43-44,48H,9-10,15,17-24H2,1-8H3/b14-13+,16-11+,25-12+/t26-,27?,29+,30?,31+,32-,35+,36+,38?,39+/m0/s1. The van der Waals surface area contributed by atoms with Gasteiger partial charge in [0.25, 0.3) is 0 Å². The van der Waals surface area contributed by atoms with Gasteiger partial charge in [-0.05, 0) is 58.6 Å². The molecule has 0 radical (unpaired) electrons. The zero-order chi connectivity index (χ0) is 39.5. The van der Waals surface area contributed by atoms with Gasteiger partial charge in [0, 0.05) is 51.4 Å². The molecule has 3 unspecified atom stereocenters. The number of cyclic esters (lactones) is 1. The van der Waals surface area contributed by atoms with Gasteiger partial charge in [-0.1, -0.05) is 45.1 Å². The summed E-state index contributed by atoms with van der Waals surface area (Å²) in [5.74, 6) is -2.03. The lowest BCUT2D eigenvalue weighted by Gasteiger charge is -2.38. The van der Waals surface area contributed by atoms with Crippen LogP contribution in [0.3, 0.4) is 0 Å². The molecule has 14 heteroatoms. The van der Waals surface area contributed by atoms with E-state index in [9.17, 15) is 34.5 Å². The van der Waals surface area contributed by atoms with Crippen LogP contribution in [0.15, 0.2) is 36.0 Å². The quantitative estimate of drug-likeness (QED) is 0.0819. The lowest BCUT2D eigenvalue weighted by Crippen LogP contribution is -2.52. The number of carbonyl (C=O) groups is 4. The highest BCUT2D eigenvalue weighted by atomic mass is 16.6. The first kappa shape index (κ1) is 44.1. The molecule has 3 aliphatic heterocycles. The van der Waals surface area contributed by atoms with Crippen molar-refractivity contribution >= 4 is 24.0 Å². The van der Waals surface area contributed by atoms with Gasteiger partial charge in [-0.3, -0.25) is 19.3 Å². The van der Waals surface area contributed by atoms with Gasteiger partial charge < -0.3 is 43.9 Å². The van der Waals surface area contributed by atoms with E-state index in [0.29, 0.717) is 51.2 Å². The number of hydrogen-bond acceptors (Lipinski definition) is 13. The van der Waals surface area contributed by atoms with Crippen molar-refractivity contribution < 1.29 is 58.2 Å². The minimum atomic E-state index is -1.38. The van der Waals surface area contributed by atoms with Gasteiger partial charge in [-0.2, -0.15) is 0 Å². The molecule has 0 bridgehead atoms. The number of amides is 1. The Hall–Kier alpha value is -3.30. The Morgan fingerprint density at radius 3 is 2.45 bits per heavy atom. The second-order valence-corrected chi connectivity index (χ2v) is 15.1. The molecule has 0 aliphatic carbocycles. The third kappa shape index (κ3) is 13.8. The topological polar surface area (TPSA) is 185 Å². The molecule has 3 rings (SSSR count).